The van der Waals surface area contributed by atoms with Crippen LogP contribution in [0.2, 0.25) is 0 Å². The molecule has 0 radical (unpaired) electrons. The van der Waals surface area contributed by atoms with Gasteiger partial charge in [0.25, 0.3) is 0 Å². The summed E-state index contributed by atoms with van der Waals surface area (Å²) in [4.78, 5) is 6.93. The lowest BCUT2D eigenvalue weighted by atomic mass is 10.0. The summed E-state index contributed by atoms with van der Waals surface area (Å²) < 4.78 is 10.7. The number of methoxy groups -OCH3 is 1. The molecule has 0 aromatic heterocycles. The maximum Gasteiger partial charge on any atom is 0.188 e. The van der Waals surface area contributed by atoms with E-state index in [2.05, 4.69) is 34.3 Å². The molecule has 1 fully saturated rings. The summed E-state index contributed by atoms with van der Waals surface area (Å²) >= 11 is 0. The molecule has 0 aliphatic carbocycles. The van der Waals surface area contributed by atoms with Crippen molar-refractivity contribution in [3.8, 4) is 5.75 Å². The van der Waals surface area contributed by atoms with Crippen molar-refractivity contribution >= 4 is 5.96 Å². The molecule has 6 nitrogen and oxygen atoms in total. The monoisotopic (exact) mass is 320 g/mol. The number of nitrogens with one attached hydrogen (secondary N) is 1. The summed E-state index contributed by atoms with van der Waals surface area (Å²) in [5, 5.41) is 3.12. The number of nitrogens with two attached hydrogens (primary N) is 1. The fourth-order valence-corrected chi connectivity index (χ4v) is 2.64. The Kier molecular flexibility index (Phi) is 7.16. The molecule has 2 rings (SSSR count). The Bertz CT molecular complexity index is 484. The largest absolute Gasteiger partial charge is 0.497 e. The first-order valence-corrected chi connectivity index (χ1v) is 8.24. The second kappa shape index (κ2) is 9.37. The molecule has 3 N–H and O–H groups in total. The van der Waals surface area contributed by atoms with Gasteiger partial charge in [-0.25, -0.2) is 0 Å². The molecule has 1 aliphatic heterocycles. The predicted octanol–water partition coefficient (Wildman–Crippen LogP) is 1.38. The first-order chi connectivity index (χ1) is 11.2. The van der Waals surface area contributed by atoms with Crippen molar-refractivity contribution in [1.82, 2.24) is 10.2 Å². The lowest BCUT2D eigenvalue weighted by Gasteiger charge is -2.34. The van der Waals surface area contributed by atoms with Crippen LogP contribution in [0.1, 0.15) is 24.9 Å². The van der Waals surface area contributed by atoms with Gasteiger partial charge in [0.15, 0.2) is 5.96 Å². The van der Waals surface area contributed by atoms with Crippen LogP contribution >= 0.6 is 0 Å². The molecule has 23 heavy (non-hydrogen) atoms. The smallest absolute Gasteiger partial charge is 0.188 e. The van der Waals surface area contributed by atoms with E-state index in [0.717, 1.165) is 45.0 Å². The molecule has 6 heteroatoms. The Morgan fingerprint density at radius 3 is 2.65 bits per heavy atom. The van der Waals surface area contributed by atoms with Gasteiger partial charge in [0.1, 0.15) is 5.75 Å². The number of aliphatic imine (C=N–C) groups is 1. The van der Waals surface area contributed by atoms with Gasteiger partial charge in [0, 0.05) is 19.6 Å². The van der Waals surface area contributed by atoms with Gasteiger partial charge in [-0.3, -0.25) is 9.89 Å². The van der Waals surface area contributed by atoms with Crippen molar-refractivity contribution in [1.29, 1.82) is 0 Å². The highest BCUT2D eigenvalue weighted by Gasteiger charge is 2.22. The molecule has 0 spiro atoms. The minimum atomic E-state index is 0.201. The first-order valence-electron chi connectivity index (χ1n) is 8.24. The van der Waals surface area contributed by atoms with E-state index >= 15 is 0 Å². The highest BCUT2D eigenvalue weighted by atomic mass is 16.5. The van der Waals surface area contributed by atoms with Crippen molar-refractivity contribution in [2.24, 2.45) is 10.7 Å². The third-order valence-corrected chi connectivity index (χ3v) is 3.98. The van der Waals surface area contributed by atoms with Crippen LogP contribution in [0.25, 0.3) is 0 Å². The molecule has 1 heterocycles. The first kappa shape index (κ1) is 17.6. The number of benzene rings is 1. The van der Waals surface area contributed by atoms with E-state index in [1.54, 1.807) is 7.11 Å². The number of guanidine groups is 1. The third-order valence-electron chi connectivity index (χ3n) is 3.98. The second-order valence-electron chi connectivity index (χ2n) is 5.59. The topological polar surface area (TPSA) is 72.1 Å². The molecule has 1 aromatic rings. The van der Waals surface area contributed by atoms with E-state index < -0.39 is 0 Å². The molecular formula is C17H28N4O2. The molecule has 1 saturated heterocycles. The van der Waals surface area contributed by atoms with Crippen molar-refractivity contribution < 1.29 is 9.47 Å². The van der Waals surface area contributed by atoms with Gasteiger partial charge >= 0.3 is 0 Å². The summed E-state index contributed by atoms with van der Waals surface area (Å²) in [5.41, 5.74) is 7.16. The SMILES string of the molecule is CCCNC(N)=NCC(c1ccc(OC)cc1)N1CCOCC1. The standard InChI is InChI=1S/C17H28N4O2/c1-3-8-19-17(18)20-13-16(21-9-11-23-12-10-21)14-4-6-15(22-2)7-5-14/h4-7,16H,3,8-13H2,1-2H3,(H3,18,19,20). The molecule has 1 atom stereocenters. The zero-order chi connectivity index (χ0) is 16.5. The molecule has 0 bridgehead atoms. The van der Waals surface area contributed by atoms with Gasteiger partial charge in [-0.2, -0.15) is 0 Å². The van der Waals surface area contributed by atoms with Crippen LogP contribution in [0, 0.1) is 0 Å². The maximum absolute atomic E-state index is 5.94. The lowest BCUT2D eigenvalue weighted by molar-refractivity contribution is 0.0180. The normalized spacial score (nSPS) is 17.7. The molecule has 1 aliphatic rings. The molecule has 1 aromatic carbocycles. The zero-order valence-corrected chi connectivity index (χ0v) is 14.1. The van der Waals surface area contributed by atoms with Gasteiger partial charge < -0.3 is 20.5 Å². The van der Waals surface area contributed by atoms with Crippen LogP contribution in [-0.2, 0) is 4.74 Å². The third kappa shape index (κ3) is 5.41. The maximum atomic E-state index is 5.94. The molecule has 1 unspecified atom stereocenters. The molecule has 0 amide bonds. The average Bonchev–Trinajstić information content (AvgIpc) is 2.61. The number of morpholine rings is 1. The lowest BCUT2D eigenvalue weighted by Crippen LogP contribution is -2.41. The predicted molar refractivity (Wildman–Crippen MR) is 92.9 cm³/mol. The minimum absolute atomic E-state index is 0.201. The fraction of sp³-hybridized carbons (Fsp3) is 0.588. The highest BCUT2D eigenvalue weighted by Crippen LogP contribution is 2.24. The average molecular weight is 320 g/mol. The van der Waals surface area contributed by atoms with Crippen molar-refractivity contribution in [3.63, 3.8) is 0 Å². The van der Waals surface area contributed by atoms with Crippen LogP contribution in [-0.4, -0.2) is 57.4 Å². The van der Waals surface area contributed by atoms with Gasteiger partial charge in [0.2, 0.25) is 0 Å². The van der Waals surface area contributed by atoms with Gasteiger partial charge in [-0.05, 0) is 24.1 Å². The van der Waals surface area contributed by atoms with Crippen molar-refractivity contribution in [2.75, 3.05) is 46.5 Å². The highest BCUT2D eigenvalue weighted by molar-refractivity contribution is 5.77. The molecule has 128 valence electrons. The van der Waals surface area contributed by atoms with E-state index in [1.165, 1.54) is 5.56 Å². The van der Waals surface area contributed by atoms with Gasteiger partial charge in [-0.1, -0.05) is 19.1 Å². The Morgan fingerprint density at radius 1 is 1.35 bits per heavy atom. The Hall–Kier alpha value is -1.79. The number of ether oxygens (including phenoxy) is 2. The summed E-state index contributed by atoms with van der Waals surface area (Å²) in [6.45, 7) is 6.94. The minimum Gasteiger partial charge on any atom is -0.497 e. The summed E-state index contributed by atoms with van der Waals surface area (Å²) in [5.74, 6) is 1.38. The Balaban J connectivity index is 2.10. The van der Waals surface area contributed by atoms with Crippen LogP contribution in [0.5, 0.6) is 5.75 Å². The van der Waals surface area contributed by atoms with E-state index in [1.807, 2.05) is 12.1 Å². The van der Waals surface area contributed by atoms with Crippen LogP contribution < -0.4 is 15.8 Å². The Morgan fingerprint density at radius 2 is 2.04 bits per heavy atom. The van der Waals surface area contributed by atoms with Crippen LogP contribution in [0.4, 0.5) is 0 Å². The number of nitrogens with zero attached hydrogens (tertiary/aromatic N) is 2. The van der Waals surface area contributed by atoms with Crippen LogP contribution in [0.3, 0.4) is 0 Å². The van der Waals surface area contributed by atoms with E-state index in [-0.39, 0.29) is 6.04 Å². The quantitative estimate of drug-likeness (QED) is 0.587. The van der Waals surface area contributed by atoms with Gasteiger partial charge in [-0.15, -0.1) is 0 Å². The van der Waals surface area contributed by atoms with Gasteiger partial charge in [0.05, 0.1) is 32.9 Å². The Labute approximate surface area is 138 Å². The number of hydrogen-bond donors (Lipinski definition) is 2. The van der Waals surface area contributed by atoms with E-state index in [0.29, 0.717) is 12.5 Å². The van der Waals surface area contributed by atoms with Crippen molar-refractivity contribution in [2.45, 2.75) is 19.4 Å². The van der Waals surface area contributed by atoms with Crippen LogP contribution in [0.15, 0.2) is 29.3 Å². The summed E-state index contributed by atoms with van der Waals surface area (Å²) in [6.07, 6.45) is 1.03. The summed E-state index contributed by atoms with van der Waals surface area (Å²) in [7, 11) is 1.68. The van der Waals surface area contributed by atoms with E-state index in [4.69, 9.17) is 15.2 Å². The van der Waals surface area contributed by atoms with E-state index in [9.17, 15) is 0 Å². The molecular weight excluding hydrogens is 292 g/mol. The fourth-order valence-electron chi connectivity index (χ4n) is 2.64. The zero-order valence-electron chi connectivity index (χ0n) is 14.1. The number of hydrogen-bond acceptors (Lipinski definition) is 4. The van der Waals surface area contributed by atoms with Crippen molar-refractivity contribution in [3.05, 3.63) is 29.8 Å². The summed E-state index contributed by atoms with van der Waals surface area (Å²) in [6, 6.07) is 8.39. The number of rotatable bonds is 7. The second-order valence-corrected chi connectivity index (χ2v) is 5.59. The molecule has 0 saturated carbocycles.